The number of thioether (sulfide) groups is 1. The molecular formula is C17H25N3O3S. The predicted octanol–water partition coefficient (Wildman–Crippen LogP) is 3.29. The van der Waals surface area contributed by atoms with Gasteiger partial charge in [-0.3, -0.25) is 14.9 Å². The summed E-state index contributed by atoms with van der Waals surface area (Å²) in [6, 6.07) is 6.73. The molecule has 0 aliphatic carbocycles. The van der Waals surface area contributed by atoms with Crippen LogP contribution in [0.25, 0.3) is 0 Å². The summed E-state index contributed by atoms with van der Waals surface area (Å²) in [5, 5.41) is 10.9. The van der Waals surface area contributed by atoms with Crippen molar-refractivity contribution in [3.8, 4) is 0 Å². The van der Waals surface area contributed by atoms with E-state index in [1.54, 1.807) is 23.1 Å². The van der Waals surface area contributed by atoms with Crippen LogP contribution in [-0.2, 0) is 4.79 Å². The summed E-state index contributed by atoms with van der Waals surface area (Å²) in [6.07, 6.45) is 0.873. The number of hydrogen-bond acceptors (Lipinski definition) is 5. The van der Waals surface area contributed by atoms with Gasteiger partial charge in [0.25, 0.3) is 5.69 Å². The molecule has 6 nitrogen and oxygen atoms in total. The monoisotopic (exact) mass is 351 g/mol. The minimum atomic E-state index is -0.364. The normalized spacial score (nSPS) is 20.8. The largest absolute Gasteiger partial charge is 0.325 e. The van der Waals surface area contributed by atoms with Crippen LogP contribution in [0.2, 0.25) is 0 Å². The fourth-order valence-corrected chi connectivity index (χ4v) is 4.35. The molecule has 24 heavy (non-hydrogen) atoms. The number of hydrogen-bond donors (Lipinski definition) is 0. The highest BCUT2D eigenvalue weighted by atomic mass is 32.2. The lowest BCUT2D eigenvalue weighted by atomic mass is 10.1. The van der Waals surface area contributed by atoms with Crippen LogP contribution in [0, 0.1) is 10.1 Å². The number of nitro groups is 1. The first-order chi connectivity index (χ1) is 11.5. The second-order valence-electron chi connectivity index (χ2n) is 5.86. The third-order valence-corrected chi connectivity index (χ3v) is 5.79. The first kappa shape index (κ1) is 18.7. The Balaban J connectivity index is 2.16. The van der Waals surface area contributed by atoms with Crippen LogP contribution in [0.4, 0.5) is 5.69 Å². The summed E-state index contributed by atoms with van der Waals surface area (Å²) in [5.74, 6) is 0.0719. The van der Waals surface area contributed by atoms with Gasteiger partial charge >= 0.3 is 0 Å². The molecule has 1 aliphatic rings. The predicted molar refractivity (Wildman–Crippen MR) is 97.0 cm³/mol. The number of benzene rings is 1. The van der Waals surface area contributed by atoms with E-state index in [4.69, 9.17) is 0 Å². The third kappa shape index (κ3) is 4.08. The number of rotatable bonds is 8. The molecule has 0 radical (unpaired) electrons. The summed E-state index contributed by atoms with van der Waals surface area (Å²) in [6.45, 7) is 9.66. The van der Waals surface area contributed by atoms with Gasteiger partial charge in [0.05, 0.1) is 15.7 Å². The minimum Gasteiger partial charge on any atom is -0.325 e. The average molecular weight is 351 g/mol. The molecule has 0 spiro atoms. The SMILES string of the molecule is CCN(CC)CCCN1C(=O)[C@@H](C)S[C@@H]1c1ccccc1[N+](=O)[O-]. The zero-order valence-electron chi connectivity index (χ0n) is 14.5. The van der Waals surface area contributed by atoms with Gasteiger partial charge < -0.3 is 9.80 Å². The van der Waals surface area contributed by atoms with E-state index in [9.17, 15) is 14.9 Å². The molecule has 1 aliphatic heterocycles. The molecule has 1 fully saturated rings. The maximum Gasteiger partial charge on any atom is 0.275 e. The van der Waals surface area contributed by atoms with E-state index in [2.05, 4.69) is 18.7 Å². The quantitative estimate of drug-likeness (QED) is 0.531. The Hall–Kier alpha value is -1.60. The van der Waals surface area contributed by atoms with E-state index in [-0.39, 0.29) is 27.1 Å². The fraction of sp³-hybridized carbons (Fsp3) is 0.588. The van der Waals surface area contributed by atoms with Crippen LogP contribution >= 0.6 is 11.8 Å². The molecule has 132 valence electrons. The van der Waals surface area contributed by atoms with Crippen molar-refractivity contribution in [3.05, 3.63) is 39.9 Å². The van der Waals surface area contributed by atoms with Crippen LogP contribution < -0.4 is 0 Å². The van der Waals surface area contributed by atoms with Gasteiger partial charge in [0.15, 0.2) is 0 Å². The van der Waals surface area contributed by atoms with Crippen LogP contribution in [0.5, 0.6) is 0 Å². The van der Waals surface area contributed by atoms with Gasteiger partial charge in [0.1, 0.15) is 5.37 Å². The summed E-state index contributed by atoms with van der Waals surface area (Å²) in [4.78, 5) is 27.6. The van der Waals surface area contributed by atoms with Crippen molar-refractivity contribution in [1.29, 1.82) is 0 Å². The van der Waals surface area contributed by atoms with E-state index in [0.29, 0.717) is 12.1 Å². The summed E-state index contributed by atoms with van der Waals surface area (Å²) in [5.41, 5.74) is 0.707. The van der Waals surface area contributed by atoms with Crippen molar-refractivity contribution in [2.24, 2.45) is 0 Å². The molecule has 0 N–H and O–H groups in total. The number of carbonyl (C=O) groups excluding carboxylic acids is 1. The Morgan fingerprint density at radius 1 is 1.29 bits per heavy atom. The molecule has 0 unspecified atom stereocenters. The summed E-state index contributed by atoms with van der Waals surface area (Å²) < 4.78 is 0. The molecule has 0 saturated carbocycles. The van der Waals surface area contributed by atoms with Crippen LogP contribution in [0.3, 0.4) is 0 Å². The first-order valence-electron chi connectivity index (χ1n) is 8.41. The van der Waals surface area contributed by atoms with Crippen molar-refractivity contribution in [1.82, 2.24) is 9.80 Å². The Morgan fingerprint density at radius 2 is 1.96 bits per heavy atom. The molecule has 2 rings (SSSR count). The van der Waals surface area contributed by atoms with E-state index in [1.807, 2.05) is 6.92 Å². The molecular weight excluding hydrogens is 326 g/mol. The second-order valence-corrected chi connectivity index (χ2v) is 7.28. The van der Waals surface area contributed by atoms with Crippen LogP contribution in [-0.4, -0.2) is 52.1 Å². The lowest BCUT2D eigenvalue weighted by Crippen LogP contribution is -2.34. The Bertz CT molecular complexity index is 592. The van der Waals surface area contributed by atoms with Gasteiger partial charge in [-0.05, 0) is 39.0 Å². The fourth-order valence-electron chi connectivity index (χ4n) is 3.01. The standard InChI is InChI=1S/C17H25N3O3S/c1-4-18(5-2)11-8-12-19-16(21)13(3)24-17(19)14-9-6-7-10-15(14)20(22)23/h6-7,9-10,13,17H,4-5,8,11-12H2,1-3H3/t13-,17-/m1/s1. The molecule has 2 atom stereocenters. The maximum atomic E-state index is 12.5. The number of carbonyl (C=O) groups is 1. The van der Waals surface area contributed by atoms with Crippen molar-refractivity contribution >= 4 is 23.4 Å². The Kier molecular flexibility index (Phi) is 6.62. The third-order valence-electron chi connectivity index (χ3n) is 4.41. The van der Waals surface area contributed by atoms with Gasteiger partial charge in [-0.25, -0.2) is 0 Å². The second kappa shape index (κ2) is 8.48. The van der Waals surface area contributed by atoms with Gasteiger partial charge in [-0.1, -0.05) is 26.0 Å². The maximum absolute atomic E-state index is 12.5. The van der Waals surface area contributed by atoms with Crippen molar-refractivity contribution in [2.45, 2.75) is 37.8 Å². The average Bonchev–Trinajstić information content (AvgIpc) is 2.86. The van der Waals surface area contributed by atoms with Crippen molar-refractivity contribution in [2.75, 3.05) is 26.2 Å². The molecule has 1 aromatic rings. The summed E-state index contributed by atoms with van der Waals surface area (Å²) in [7, 11) is 0. The molecule has 7 heteroatoms. The van der Waals surface area contributed by atoms with E-state index >= 15 is 0 Å². The smallest absolute Gasteiger partial charge is 0.275 e. The molecule has 0 aromatic heterocycles. The van der Waals surface area contributed by atoms with Crippen molar-refractivity contribution < 1.29 is 9.72 Å². The molecule has 1 aromatic carbocycles. The number of amides is 1. The Labute approximate surface area is 147 Å². The van der Waals surface area contributed by atoms with Gasteiger partial charge in [-0.15, -0.1) is 11.8 Å². The number of nitro benzene ring substituents is 1. The van der Waals surface area contributed by atoms with Crippen LogP contribution in [0.1, 0.15) is 38.1 Å². The van der Waals surface area contributed by atoms with Crippen LogP contribution in [0.15, 0.2) is 24.3 Å². The van der Waals surface area contributed by atoms with E-state index < -0.39 is 0 Å². The van der Waals surface area contributed by atoms with Crippen molar-refractivity contribution in [3.63, 3.8) is 0 Å². The van der Waals surface area contributed by atoms with Gasteiger partial charge in [0.2, 0.25) is 5.91 Å². The molecule has 1 amide bonds. The molecule has 1 heterocycles. The Morgan fingerprint density at radius 3 is 2.58 bits per heavy atom. The van der Waals surface area contributed by atoms with Gasteiger partial charge in [0, 0.05) is 12.6 Å². The molecule has 0 bridgehead atoms. The zero-order chi connectivity index (χ0) is 17.7. The van der Waals surface area contributed by atoms with E-state index in [0.717, 1.165) is 26.1 Å². The zero-order valence-corrected chi connectivity index (χ0v) is 15.3. The number of nitrogens with zero attached hydrogens (tertiary/aromatic N) is 3. The lowest BCUT2D eigenvalue weighted by molar-refractivity contribution is -0.385. The molecule has 1 saturated heterocycles. The highest BCUT2D eigenvalue weighted by Crippen LogP contribution is 2.45. The first-order valence-corrected chi connectivity index (χ1v) is 9.35. The number of para-hydroxylation sites is 1. The highest BCUT2D eigenvalue weighted by Gasteiger charge is 2.40. The lowest BCUT2D eigenvalue weighted by Gasteiger charge is -2.25. The highest BCUT2D eigenvalue weighted by molar-refractivity contribution is 8.01. The topological polar surface area (TPSA) is 66.7 Å². The van der Waals surface area contributed by atoms with Gasteiger partial charge in [-0.2, -0.15) is 0 Å². The van der Waals surface area contributed by atoms with E-state index in [1.165, 1.54) is 17.8 Å². The summed E-state index contributed by atoms with van der Waals surface area (Å²) >= 11 is 1.50. The minimum absolute atomic E-state index is 0.0719.